The number of nitrogens with one attached hydrogen (secondary N) is 1. The van der Waals surface area contributed by atoms with Gasteiger partial charge < -0.3 is 10.1 Å². The molecule has 0 aliphatic carbocycles. The van der Waals surface area contributed by atoms with Crippen LogP contribution in [0.4, 0.5) is 14.5 Å². The summed E-state index contributed by atoms with van der Waals surface area (Å²) < 4.78 is 30.8. The van der Waals surface area contributed by atoms with Crippen molar-refractivity contribution in [2.24, 2.45) is 0 Å². The SMILES string of the molecule is CC[C@H](Oc1ccccc1)C(=O)Nc1ccccc1SC(F)F. The zero-order valence-electron chi connectivity index (χ0n) is 12.5. The maximum absolute atomic E-state index is 12.6. The first-order chi connectivity index (χ1) is 11.1. The van der Waals surface area contributed by atoms with E-state index < -0.39 is 11.9 Å². The fourth-order valence-corrected chi connectivity index (χ4v) is 2.56. The Kier molecular flexibility index (Phi) is 6.40. The third kappa shape index (κ3) is 5.25. The maximum Gasteiger partial charge on any atom is 0.288 e. The third-order valence-electron chi connectivity index (χ3n) is 3.05. The van der Waals surface area contributed by atoms with Crippen molar-refractivity contribution in [2.45, 2.75) is 30.1 Å². The minimum Gasteiger partial charge on any atom is -0.481 e. The number of alkyl halides is 2. The summed E-state index contributed by atoms with van der Waals surface area (Å²) in [6.45, 7) is 1.83. The Bertz CT molecular complexity index is 638. The van der Waals surface area contributed by atoms with Crippen molar-refractivity contribution in [1.29, 1.82) is 0 Å². The fraction of sp³-hybridized carbons (Fsp3) is 0.235. The number of halogens is 2. The standard InChI is InChI=1S/C17H17F2NO2S/c1-2-14(22-12-8-4-3-5-9-12)16(21)20-13-10-6-7-11-15(13)23-17(18)19/h3-11,14,17H,2H2,1H3,(H,20,21)/t14-/m0/s1. The molecule has 2 aromatic rings. The van der Waals surface area contributed by atoms with Gasteiger partial charge in [0.25, 0.3) is 11.7 Å². The van der Waals surface area contributed by atoms with Crippen LogP contribution in [0.5, 0.6) is 5.75 Å². The van der Waals surface area contributed by atoms with E-state index in [4.69, 9.17) is 4.74 Å². The van der Waals surface area contributed by atoms with Crippen molar-refractivity contribution in [3.63, 3.8) is 0 Å². The molecule has 0 saturated carbocycles. The highest BCUT2D eigenvalue weighted by molar-refractivity contribution is 7.99. The topological polar surface area (TPSA) is 38.3 Å². The minimum absolute atomic E-state index is 0.324. The van der Waals surface area contributed by atoms with E-state index in [1.807, 2.05) is 25.1 Å². The zero-order chi connectivity index (χ0) is 16.7. The summed E-state index contributed by atoms with van der Waals surface area (Å²) in [5.74, 6) is -2.32. The van der Waals surface area contributed by atoms with Gasteiger partial charge in [0.05, 0.1) is 5.69 Å². The van der Waals surface area contributed by atoms with Crippen LogP contribution < -0.4 is 10.1 Å². The van der Waals surface area contributed by atoms with Gasteiger partial charge in [-0.15, -0.1) is 0 Å². The largest absolute Gasteiger partial charge is 0.481 e. The number of thioether (sulfide) groups is 1. The number of carbonyl (C=O) groups excluding carboxylic acids is 1. The monoisotopic (exact) mass is 337 g/mol. The summed E-state index contributed by atoms with van der Waals surface area (Å²) in [4.78, 5) is 12.7. The Morgan fingerprint density at radius 1 is 1.13 bits per heavy atom. The molecule has 122 valence electrons. The van der Waals surface area contributed by atoms with E-state index in [-0.39, 0.29) is 5.91 Å². The van der Waals surface area contributed by atoms with E-state index in [2.05, 4.69) is 5.32 Å². The highest BCUT2D eigenvalue weighted by atomic mass is 32.2. The molecule has 3 nitrogen and oxygen atoms in total. The van der Waals surface area contributed by atoms with E-state index in [1.165, 1.54) is 0 Å². The molecule has 1 atom stereocenters. The van der Waals surface area contributed by atoms with Crippen molar-refractivity contribution < 1.29 is 18.3 Å². The molecule has 0 aliphatic rings. The van der Waals surface area contributed by atoms with Crippen LogP contribution in [0.3, 0.4) is 0 Å². The minimum atomic E-state index is -2.55. The molecule has 1 amide bonds. The predicted octanol–water partition coefficient (Wildman–Crippen LogP) is 4.80. The molecule has 0 saturated heterocycles. The molecule has 0 heterocycles. The van der Waals surface area contributed by atoms with Crippen molar-refractivity contribution in [3.8, 4) is 5.75 Å². The van der Waals surface area contributed by atoms with Crippen LogP contribution >= 0.6 is 11.8 Å². The van der Waals surface area contributed by atoms with E-state index in [0.29, 0.717) is 34.5 Å². The second-order valence-electron chi connectivity index (χ2n) is 4.69. The van der Waals surface area contributed by atoms with Gasteiger partial charge in [-0.3, -0.25) is 4.79 Å². The van der Waals surface area contributed by atoms with Crippen LogP contribution in [-0.2, 0) is 4.79 Å². The van der Waals surface area contributed by atoms with Crippen LogP contribution in [0.25, 0.3) is 0 Å². The number of anilines is 1. The number of ether oxygens (including phenoxy) is 1. The van der Waals surface area contributed by atoms with Gasteiger partial charge in [0.2, 0.25) is 0 Å². The fourth-order valence-electron chi connectivity index (χ4n) is 1.97. The summed E-state index contributed by atoms with van der Waals surface area (Å²) in [5, 5.41) is 2.67. The molecule has 2 rings (SSSR count). The molecule has 2 aromatic carbocycles. The van der Waals surface area contributed by atoms with E-state index >= 15 is 0 Å². The van der Waals surface area contributed by atoms with Gasteiger partial charge in [-0.1, -0.05) is 49.0 Å². The maximum atomic E-state index is 12.6. The summed E-state index contributed by atoms with van der Waals surface area (Å²) in [7, 11) is 0. The molecule has 1 N–H and O–H groups in total. The number of benzene rings is 2. The highest BCUT2D eigenvalue weighted by Gasteiger charge is 2.20. The van der Waals surface area contributed by atoms with Crippen molar-refractivity contribution in [1.82, 2.24) is 0 Å². The van der Waals surface area contributed by atoms with E-state index in [9.17, 15) is 13.6 Å². The number of hydrogen-bond acceptors (Lipinski definition) is 3. The number of hydrogen-bond donors (Lipinski definition) is 1. The smallest absolute Gasteiger partial charge is 0.288 e. The van der Waals surface area contributed by atoms with Crippen molar-refractivity contribution in [2.75, 3.05) is 5.32 Å². The lowest BCUT2D eigenvalue weighted by Gasteiger charge is -2.18. The predicted molar refractivity (Wildman–Crippen MR) is 88.1 cm³/mol. The molecule has 0 radical (unpaired) electrons. The Morgan fingerprint density at radius 3 is 2.43 bits per heavy atom. The Balaban J connectivity index is 2.08. The lowest BCUT2D eigenvalue weighted by molar-refractivity contribution is -0.122. The normalized spacial score (nSPS) is 12.0. The van der Waals surface area contributed by atoms with Crippen LogP contribution in [0, 0.1) is 0 Å². The van der Waals surface area contributed by atoms with Crippen molar-refractivity contribution >= 4 is 23.4 Å². The van der Waals surface area contributed by atoms with E-state index in [1.54, 1.807) is 36.4 Å². The molecule has 0 bridgehead atoms. The second kappa shape index (κ2) is 8.53. The first-order valence-electron chi connectivity index (χ1n) is 7.16. The van der Waals surface area contributed by atoms with Gasteiger partial charge in [0.15, 0.2) is 6.10 Å². The first kappa shape index (κ1) is 17.3. The van der Waals surface area contributed by atoms with Gasteiger partial charge in [0, 0.05) is 4.90 Å². The van der Waals surface area contributed by atoms with Gasteiger partial charge in [-0.05, 0) is 30.7 Å². The average molecular weight is 337 g/mol. The van der Waals surface area contributed by atoms with E-state index in [0.717, 1.165) is 0 Å². The molecular weight excluding hydrogens is 320 g/mol. The summed E-state index contributed by atoms with van der Waals surface area (Å²) in [5.41, 5.74) is 0.359. The number of para-hydroxylation sites is 2. The van der Waals surface area contributed by atoms with Crippen LogP contribution in [0.1, 0.15) is 13.3 Å². The lowest BCUT2D eigenvalue weighted by Crippen LogP contribution is -2.32. The molecule has 6 heteroatoms. The molecule has 0 aliphatic heterocycles. The molecule has 0 fully saturated rings. The van der Waals surface area contributed by atoms with Crippen molar-refractivity contribution in [3.05, 3.63) is 54.6 Å². The van der Waals surface area contributed by atoms with Gasteiger partial charge in [0.1, 0.15) is 5.75 Å². The molecule has 0 unspecified atom stereocenters. The highest BCUT2D eigenvalue weighted by Crippen LogP contribution is 2.31. The molecule has 0 aromatic heterocycles. The van der Waals surface area contributed by atoms with Crippen LogP contribution in [0.15, 0.2) is 59.5 Å². The number of carbonyl (C=O) groups is 1. The van der Waals surface area contributed by atoms with Crippen LogP contribution in [0.2, 0.25) is 0 Å². The van der Waals surface area contributed by atoms with Gasteiger partial charge in [-0.2, -0.15) is 8.78 Å². The Hall–Kier alpha value is -2.08. The zero-order valence-corrected chi connectivity index (χ0v) is 13.4. The first-order valence-corrected chi connectivity index (χ1v) is 8.04. The quantitative estimate of drug-likeness (QED) is 0.738. The molecule has 23 heavy (non-hydrogen) atoms. The second-order valence-corrected chi connectivity index (χ2v) is 5.72. The van der Waals surface area contributed by atoms with Gasteiger partial charge >= 0.3 is 0 Å². The average Bonchev–Trinajstić information content (AvgIpc) is 2.55. The molecular formula is C17H17F2NO2S. The Labute approximate surface area is 138 Å². The van der Waals surface area contributed by atoms with Gasteiger partial charge in [-0.25, -0.2) is 0 Å². The summed E-state index contributed by atoms with van der Waals surface area (Å²) in [6, 6.07) is 15.5. The molecule has 0 spiro atoms. The Morgan fingerprint density at radius 2 is 1.78 bits per heavy atom. The number of amides is 1. The van der Waals surface area contributed by atoms with Crippen LogP contribution in [-0.4, -0.2) is 17.8 Å². The summed E-state index contributed by atoms with van der Waals surface area (Å²) in [6.07, 6.45) is -0.229. The third-order valence-corrected chi connectivity index (χ3v) is 3.83. The lowest BCUT2D eigenvalue weighted by atomic mass is 10.2. The summed E-state index contributed by atoms with van der Waals surface area (Å²) >= 11 is 0.401. The number of rotatable bonds is 7.